The number of aliphatic hydroxyl groups excluding tert-OH is 1. The average molecular weight is 98.9 g/mol. The Balaban J connectivity index is 2.68. The number of aliphatic hydroxyl groups is 1. The maximum atomic E-state index is 8.40. The number of hydrogen-bond acceptors (Lipinski definition) is 2. The Labute approximate surface area is 45.3 Å². The summed E-state index contributed by atoms with van der Waals surface area (Å²) in [6.07, 6.45) is 0. The highest BCUT2D eigenvalue weighted by molar-refractivity contribution is 6.10. The third-order valence-corrected chi connectivity index (χ3v) is 0.603. The van der Waals surface area contributed by atoms with Gasteiger partial charge in [-0.3, -0.25) is 0 Å². The molecule has 0 saturated heterocycles. The molecule has 3 heteroatoms. The summed E-state index contributed by atoms with van der Waals surface area (Å²) < 4.78 is 0. The van der Waals surface area contributed by atoms with Gasteiger partial charge in [0.05, 0.1) is 0 Å². The second-order valence-corrected chi connectivity index (χ2v) is 1.38. The van der Waals surface area contributed by atoms with Gasteiger partial charge >= 0.3 is 0 Å². The van der Waals surface area contributed by atoms with E-state index in [0.717, 1.165) is 6.54 Å². The lowest BCUT2D eigenvalue weighted by molar-refractivity contribution is 0.251. The highest BCUT2D eigenvalue weighted by Crippen LogP contribution is 1.65. The van der Waals surface area contributed by atoms with Crippen molar-refractivity contribution < 1.29 is 5.11 Å². The number of nitrogens with one attached hydrogen (secondary N) is 1. The molecule has 0 aromatic carbocycles. The fourth-order valence-electron chi connectivity index (χ4n) is 0.292. The molecule has 0 fully saturated rings. The van der Waals surface area contributed by atoms with Gasteiger partial charge in [0.1, 0.15) is 7.85 Å². The lowest BCUT2D eigenvalue weighted by atomic mass is 10.0. The van der Waals surface area contributed by atoms with Gasteiger partial charge in [0.15, 0.2) is 0 Å². The standard InChI is InChI=1S/C4H10BNO/c1-2-6-3-4(5)7/h4,6-7H,2-3H2,1H3/t4-/m1/s1. The minimum atomic E-state index is -0.708. The van der Waals surface area contributed by atoms with E-state index < -0.39 is 6.00 Å². The van der Waals surface area contributed by atoms with E-state index in [2.05, 4.69) is 5.32 Å². The van der Waals surface area contributed by atoms with Gasteiger partial charge < -0.3 is 10.4 Å². The lowest BCUT2D eigenvalue weighted by Crippen LogP contribution is -2.26. The summed E-state index contributed by atoms with van der Waals surface area (Å²) in [5, 5.41) is 11.3. The van der Waals surface area contributed by atoms with Gasteiger partial charge in [-0.2, -0.15) is 0 Å². The van der Waals surface area contributed by atoms with Crippen molar-refractivity contribution in [2.75, 3.05) is 13.1 Å². The smallest absolute Gasteiger partial charge is 0.110 e. The Morgan fingerprint density at radius 1 is 1.86 bits per heavy atom. The van der Waals surface area contributed by atoms with Crippen LogP contribution in [0.5, 0.6) is 0 Å². The van der Waals surface area contributed by atoms with Crippen molar-refractivity contribution in [3.63, 3.8) is 0 Å². The monoisotopic (exact) mass is 99.1 g/mol. The van der Waals surface area contributed by atoms with E-state index in [4.69, 9.17) is 13.0 Å². The lowest BCUT2D eigenvalue weighted by Gasteiger charge is -2.01. The first-order chi connectivity index (χ1) is 3.27. The van der Waals surface area contributed by atoms with E-state index in [1.807, 2.05) is 6.92 Å². The largest absolute Gasteiger partial charge is 0.402 e. The minimum Gasteiger partial charge on any atom is -0.402 e. The molecule has 0 aliphatic rings. The zero-order valence-corrected chi connectivity index (χ0v) is 4.52. The normalized spacial score (nSPS) is 14.0. The van der Waals surface area contributed by atoms with Gasteiger partial charge in [-0.15, -0.1) is 0 Å². The van der Waals surface area contributed by atoms with Gasteiger partial charge in [-0.25, -0.2) is 0 Å². The van der Waals surface area contributed by atoms with Crippen molar-refractivity contribution in [2.24, 2.45) is 0 Å². The molecule has 0 bridgehead atoms. The number of hydrogen-bond donors (Lipinski definition) is 2. The van der Waals surface area contributed by atoms with Crippen LogP contribution in [0.2, 0.25) is 0 Å². The molecule has 0 heterocycles. The third-order valence-electron chi connectivity index (χ3n) is 0.603. The van der Waals surface area contributed by atoms with Crippen LogP contribution in [0.15, 0.2) is 0 Å². The maximum absolute atomic E-state index is 8.40. The molecule has 0 unspecified atom stereocenters. The zero-order chi connectivity index (χ0) is 5.70. The average Bonchev–Trinajstić information content (AvgIpc) is 1.61. The SMILES string of the molecule is [B][C@H](O)CNCC. The molecule has 0 amide bonds. The molecule has 0 aliphatic heterocycles. The Morgan fingerprint density at radius 2 is 2.43 bits per heavy atom. The molecular weight excluding hydrogens is 88.9 g/mol. The van der Waals surface area contributed by atoms with Crippen LogP contribution in [0, 0.1) is 0 Å². The predicted octanol–water partition coefficient (Wildman–Crippen LogP) is -0.917. The quantitative estimate of drug-likeness (QED) is 0.448. The van der Waals surface area contributed by atoms with Crippen LogP contribution in [-0.2, 0) is 0 Å². The molecule has 0 aromatic heterocycles. The molecule has 2 radical (unpaired) electrons. The van der Waals surface area contributed by atoms with Crippen molar-refractivity contribution >= 4 is 7.85 Å². The molecule has 0 spiro atoms. The highest BCUT2D eigenvalue weighted by Gasteiger charge is 1.88. The summed E-state index contributed by atoms with van der Waals surface area (Å²) in [4.78, 5) is 0. The van der Waals surface area contributed by atoms with Crippen LogP contribution in [-0.4, -0.2) is 32.0 Å². The van der Waals surface area contributed by atoms with Gasteiger partial charge in [-0.1, -0.05) is 6.92 Å². The fraction of sp³-hybridized carbons (Fsp3) is 1.00. The predicted molar refractivity (Wildman–Crippen MR) is 30.3 cm³/mol. The molecule has 0 aromatic rings. The van der Waals surface area contributed by atoms with Crippen LogP contribution < -0.4 is 5.32 Å². The van der Waals surface area contributed by atoms with Crippen molar-refractivity contribution in [2.45, 2.75) is 12.9 Å². The van der Waals surface area contributed by atoms with Crippen molar-refractivity contribution in [1.82, 2.24) is 5.32 Å². The van der Waals surface area contributed by atoms with Crippen molar-refractivity contribution in [1.29, 1.82) is 0 Å². The summed E-state index contributed by atoms with van der Waals surface area (Å²) in [6, 6.07) is -0.708. The van der Waals surface area contributed by atoms with Crippen LogP contribution in [0.1, 0.15) is 6.92 Å². The van der Waals surface area contributed by atoms with Gasteiger partial charge in [0.2, 0.25) is 0 Å². The summed E-state index contributed by atoms with van der Waals surface area (Å²) in [5.74, 6) is 0. The van der Waals surface area contributed by atoms with Gasteiger partial charge in [0, 0.05) is 12.5 Å². The Bertz CT molecular complexity index is 40.7. The van der Waals surface area contributed by atoms with E-state index >= 15 is 0 Å². The van der Waals surface area contributed by atoms with Gasteiger partial charge in [0.25, 0.3) is 0 Å². The van der Waals surface area contributed by atoms with Crippen molar-refractivity contribution in [3.05, 3.63) is 0 Å². The van der Waals surface area contributed by atoms with Crippen LogP contribution >= 0.6 is 0 Å². The Kier molecular flexibility index (Phi) is 4.14. The number of likely N-dealkylation sites (N-methyl/N-ethyl adjacent to an activating group) is 1. The minimum absolute atomic E-state index is 0.483. The topological polar surface area (TPSA) is 32.3 Å². The zero-order valence-electron chi connectivity index (χ0n) is 4.52. The van der Waals surface area contributed by atoms with E-state index in [-0.39, 0.29) is 0 Å². The molecule has 40 valence electrons. The summed E-state index contributed by atoms with van der Waals surface area (Å²) in [5.41, 5.74) is 0. The molecule has 0 aliphatic carbocycles. The first-order valence-corrected chi connectivity index (χ1v) is 2.41. The maximum Gasteiger partial charge on any atom is 0.110 e. The van der Waals surface area contributed by atoms with E-state index in [9.17, 15) is 0 Å². The van der Waals surface area contributed by atoms with Crippen LogP contribution in [0.4, 0.5) is 0 Å². The second kappa shape index (κ2) is 4.15. The second-order valence-electron chi connectivity index (χ2n) is 1.38. The summed E-state index contributed by atoms with van der Waals surface area (Å²) in [6.45, 7) is 3.30. The summed E-state index contributed by atoms with van der Waals surface area (Å²) >= 11 is 0. The highest BCUT2D eigenvalue weighted by atomic mass is 16.3. The van der Waals surface area contributed by atoms with Crippen molar-refractivity contribution in [3.8, 4) is 0 Å². The van der Waals surface area contributed by atoms with E-state index in [0.29, 0.717) is 6.54 Å². The molecule has 0 saturated carbocycles. The Hall–Kier alpha value is -0.0151. The van der Waals surface area contributed by atoms with Crippen LogP contribution in [0.3, 0.4) is 0 Å². The molecule has 1 atom stereocenters. The Morgan fingerprint density at radius 3 is 2.57 bits per heavy atom. The van der Waals surface area contributed by atoms with E-state index in [1.165, 1.54) is 0 Å². The molecule has 0 rings (SSSR count). The fourth-order valence-corrected chi connectivity index (χ4v) is 0.292. The number of rotatable bonds is 3. The third kappa shape index (κ3) is 5.98. The first kappa shape index (κ1) is 6.98. The molecule has 2 N–H and O–H groups in total. The molecule has 2 nitrogen and oxygen atoms in total. The van der Waals surface area contributed by atoms with Gasteiger partial charge in [-0.05, 0) is 6.54 Å². The van der Waals surface area contributed by atoms with E-state index in [1.54, 1.807) is 0 Å². The molecule has 7 heavy (non-hydrogen) atoms. The first-order valence-electron chi connectivity index (χ1n) is 2.41. The molecular formula is C4H10BNO. The summed E-state index contributed by atoms with van der Waals surface area (Å²) in [7, 11) is 4.97. The van der Waals surface area contributed by atoms with Crippen LogP contribution in [0.25, 0.3) is 0 Å².